The van der Waals surface area contributed by atoms with Crippen molar-refractivity contribution in [2.24, 2.45) is 0 Å². The molecule has 110 valence electrons. The van der Waals surface area contributed by atoms with Crippen LogP contribution >= 0.6 is 22.9 Å². The molecule has 0 spiro atoms. The van der Waals surface area contributed by atoms with Crippen LogP contribution in [0.1, 0.15) is 29.0 Å². The summed E-state index contributed by atoms with van der Waals surface area (Å²) < 4.78 is 39.3. The Morgan fingerprint density at radius 2 is 2.00 bits per heavy atom. The SMILES string of the molecule is CC(Nc1ccc(C#N)c(C(F)(F)F)c1)c1ccc(Cl)s1. The zero-order valence-electron chi connectivity index (χ0n) is 10.8. The van der Waals surface area contributed by atoms with Crippen LogP contribution in [0.4, 0.5) is 18.9 Å². The smallest absolute Gasteiger partial charge is 0.378 e. The van der Waals surface area contributed by atoms with Crippen LogP contribution in [0, 0.1) is 11.3 Å². The number of rotatable bonds is 3. The maximum Gasteiger partial charge on any atom is 0.417 e. The van der Waals surface area contributed by atoms with E-state index in [-0.39, 0.29) is 11.6 Å². The molecule has 1 aromatic carbocycles. The first-order chi connectivity index (χ1) is 9.81. The number of hydrogen-bond donors (Lipinski definition) is 1. The summed E-state index contributed by atoms with van der Waals surface area (Å²) in [5.41, 5.74) is -1.02. The lowest BCUT2D eigenvalue weighted by atomic mass is 10.1. The lowest BCUT2D eigenvalue weighted by Gasteiger charge is -2.16. The zero-order chi connectivity index (χ0) is 15.6. The maximum atomic E-state index is 12.9. The minimum absolute atomic E-state index is 0.184. The van der Waals surface area contributed by atoms with Crippen LogP contribution in [0.2, 0.25) is 4.34 Å². The highest BCUT2D eigenvalue weighted by Crippen LogP contribution is 2.35. The molecule has 0 radical (unpaired) electrons. The van der Waals surface area contributed by atoms with Gasteiger partial charge in [0.25, 0.3) is 0 Å². The molecule has 7 heteroatoms. The molecule has 2 aromatic rings. The molecule has 0 saturated heterocycles. The van der Waals surface area contributed by atoms with Crippen LogP contribution in [0.3, 0.4) is 0 Å². The topological polar surface area (TPSA) is 35.8 Å². The first-order valence-corrected chi connectivity index (χ1v) is 7.14. The third-order valence-electron chi connectivity index (χ3n) is 2.85. The van der Waals surface area contributed by atoms with Gasteiger partial charge >= 0.3 is 6.18 Å². The highest BCUT2D eigenvalue weighted by molar-refractivity contribution is 7.16. The molecule has 1 atom stereocenters. The van der Waals surface area contributed by atoms with E-state index in [9.17, 15) is 13.2 Å². The van der Waals surface area contributed by atoms with Gasteiger partial charge in [0.1, 0.15) is 0 Å². The summed E-state index contributed by atoms with van der Waals surface area (Å²) in [4.78, 5) is 0.915. The number of hydrogen-bond acceptors (Lipinski definition) is 3. The van der Waals surface area contributed by atoms with E-state index >= 15 is 0 Å². The number of alkyl halides is 3. The Hall–Kier alpha value is -1.71. The van der Waals surface area contributed by atoms with Crippen LogP contribution in [0.5, 0.6) is 0 Å². The molecule has 0 bridgehead atoms. The normalized spacial score (nSPS) is 12.8. The Morgan fingerprint density at radius 3 is 2.52 bits per heavy atom. The number of halogens is 4. The molecule has 0 aliphatic heterocycles. The van der Waals surface area contributed by atoms with Gasteiger partial charge in [-0.25, -0.2) is 0 Å². The largest absolute Gasteiger partial charge is 0.417 e. The van der Waals surface area contributed by atoms with E-state index in [1.807, 2.05) is 13.0 Å². The van der Waals surface area contributed by atoms with Gasteiger partial charge in [0.2, 0.25) is 0 Å². The minimum atomic E-state index is -4.56. The van der Waals surface area contributed by atoms with E-state index in [0.29, 0.717) is 10.0 Å². The summed E-state index contributed by atoms with van der Waals surface area (Å²) in [6, 6.07) is 8.50. The number of nitriles is 1. The Bertz CT molecular complexity index is 688. The van der Waals surface area contributed by atoms with Gasteiger partial charge in [0.05, 0.1) is 27.6 Å². The molecule has 2 rings (SSSR count). The summed E-state index contributed by atoms with van der Waals surface area (Å²) in [6.07, 6.45) is -4.56. The zero-order valence-corrected chi connectivity index (χ0v) is 12.4. The standard InChI is InChI=1S/C14H10ClF3N2S/c1-8(12-4-5-13(15)21-12)20-10-3-2-9(7-19)11(6-10)14(16,17)18/h2-6,8,20H,1H3. The molecule has 0 aliphatic rings. The molecule has 0 saturated carbocycles. The van der Waals surface area contributed by atoms with Crippen molar-refractivity contribution in [3.63, 3.8) is 0 Å². The molecule has 0 aliphatic carbocycles. The Morgan fingerprint density at radius 1 is 1.29 bits per heavy atom. The third-order valence-corrected chi connectivity index (χ3v) is 4.26. The number of benzene rings is 1. The average molecular weight is 331 g/mol. The minimum Gasteiger partial charge on any atom is -0.378 e. The lowest BCUT2D eigenvalue weighted by Crippen LogP contribution is -2.10. The average Bonchev–Trinajstić information content (AvgIpc) is 2.84. The fourth-order valence-electron chi connectivity index (χ4n) is 1.85. The summed E-state index contributed by atoms with van der Waals surface area (Å²) in [5.74, 6) is 0. The molecular weight excluding hydrogens is 321 g/mol. The molecule has 0 fully saturated rings. The highest BCUT2D eigenvalue weighted by atomic mass is 35.5. The van der Waals surface area contributed by atoms with Gasteiger partial charge in [-0.05, 0) is 37.3 Å². The lowest BCUT2D eigenvalue weighted by molar-refractivity contribution is -0.137. The highest BCUT2D eigenvalue weighted by Gasteiger charge is 2.33. The summed E-state index contributed by atoms with van der Waals surface area (Å²) in [5, 5.41) is 11.7. The molecule has 21 heavy (non-hydrogen) atoms. The van der Waals surface area contributed by atoms with E-state index in [4.69, 9.17) is 16.9 Å². The first-order valence-electron chi connectivity index (χ1n) is 5.94. The monoisotopic (exact) mass is 330 g/mol. The summed E-state index contributed by atoms with van der Waals surface area (Å²) in [6.45, 7) is 1.83. The van der Waals surface area contributed by atoms with Crippen molar-refractivity contribution in [1.29, 1.82) is 5.26 Å². The molecule has 1 heterocycles. The van der Waals surface area contributed by atoms with Gasteiger partial charge in [-0.15, -0.1) is 11.3 Å². The van der Waals surface area contributed by atoms with Crippen LogP contribution in [-0.2, 0) is 6.18 Å². The number of anilines is 1. The van der Waals surface area contributed by atoms with Gasteiger partial charge in [-0.2, -0.15) is 18.4 Å². The molecular formula is C14H10ClF3N2S. The van der Waals surface area contributed by atoms with Gasteiger partial charge in [-0.3, -0.25) is 0 Å². The second-order valence-electron chi connectivity index (χ2n) is 4.38. The second kappa shape index (κ2) is 5.96. The fourth-order valence-corrected chi connectivity index (χ4v) is 2.91. The molecule has 1 N–H and O–H groups in total. The molecule has 2 nitrogen and oxygen atoms in total. The Labute approximate surface area is 128 Å². The van der Waals surface area contributed by atoms with Crippen molar-refractivity contribution in [3.05, 3.63) is 50.7 Å². The van der Waals surface area contributed by atoms with Crippen molar-refractivity contribution in [2.75, 3.05) is 5.32 Å². The number of nitrogens with zero attached hydrogens (tertiary/aromatic N) is 1. The van der Waals surface area contributed by atoms with E-state index in [0.717, 1.165) is 10.9 Å². The van der Waals surface area contributed by atoms with Crippen LogP contribution in [-0.4, -0.2) is 0 Å². The van der Waals surface area contributed by atoms with E-state index < -0.39 is 11.7 Å². The van der Waals surface area contributed by atoms with E-state index in [1.54, 1.807) is 12.1 Å². The van der Waals surface area contributed by atoms with Gasteiger partial charge < -0.3 is 5.32 Å². The van der Waals surface area contributed by atoms with Crippen molar-refractivity contribution >= 4 is 28.6 Å². The van der Waals surface area contributed by atoms with Crippen LogP contribution < -0.4 is 5.32 Å². The van der Waals surface area contributed by atoms with Crippen molar-refractivity contribution in [3.8, 4) is 6.07 Å². The predicted molar refractivity (Wildman–Crippen MR) is 77.5 cm³/mol. The summed E-state index contributed by atoms with van der Waals surface area (Å²) >= 11 is 7.20. The van der Waals surface area contributed by atoms with Crippen LogP contribution in [0.25, 0.3) is 0 Å². The molecule has 0 amide bonds. The number of nitrogens with one attached hydrogen (secondary N) is 1. The Kier molecular flexibility index (Phi) is 4.45. The van der Waals surface area contributed by atoms with E-state index in [2.05, 4.69) is 5.32 Å². The van der Waals surface area contributed by atoms with Gasteiger partial charge in [0.15, 0.2) is 0 Å². The van der Waals surface area contributed by atoms with Crippen molar-refractivity contribution in [2.45, 2.75) is 19.1 Å². The first kappa shape index (κ1) is 15.7. The predicted octanol–water partition coefficient (Wildman–Crippen LogP) is 5.47. The van der Waals surface area contributed by atoms with Crippen LogP contribution in [0.15, 0.2) is 30.3 Å². The molecule has 1 unspecified atom stereocenters. The second-order valence-corrected chi connectivity index (χ2v) is 6.12. The maximum absolute atomic E-state index is 12.9. The fraction of sp³-hybridized carbons (Fsp3) is 0.214. The quantitative estimate of drug-likeness (QED) is 0.810. The van der Waals surface area contributed by atoms with E-state index in [1.165, 1.54) is 23.5 Å². The Balaban J connectivity index is 2.27. The molecule has 1 aromatic heterocycles. The van der Waals surface area contributed by atoms with Crippen molar-refractivity contribution < 1.29 is 13.2 Å². The third kappa shape index (κ3) is 3.69. The van der Waals surface area contributed by atoms with Gasteiger partial charge in [-0.1, -0.05) is 11.6 Å². The number of thiophene rings is 1. The van der Waals surface area contributed by atoms with Gasteiger partial charge in [0, 0.05) is 10.6 Å². The summed E-state index contributed by atoms with van der Waals surface area (Å²) in [7, 11) is 0. The van der Waals surface area contributed by atoms with Crippen molar-refractivity contribution in [1.82, 2.24) is 0 Å².